The number of carbonyl (C=O) groups excluding carboxylic acids is 1. The molecule has 0 aliphatic heterocycles. The van der Waals surface area contributed by atoms with Gasteiger partial charge < -0.3 is 11.1 Å². The smallest absolute Gasteiger partial charge is 0.271 e. The Morgan fingerprint density at radius 3 is 2.82 bits per heavy atom. The lowest BCUT2D eigenvalue weighted by atomic mass is 9.90. The predicted molar refractivity (Wildman–Crippen MR) is 87.5 cm³/mol. The monoisotopic (exact) mass is 319 g/mol. The second kappa shape index (κ2) is 6.93. The average Bonchev–Trinajstić information content (AvgIpc) is 2.97. The highest BCUT2D eigenvalue weighted by atomic mass is 32.1. The van der Waals surface area contributed by atoms with Crippen molar-refractivity contribution in [3.05, 3.63) is 29.7 Å². The van der Waals surface area contributed by atoms with Crippen LogP contribution in [0.4, 0.5) is 0 Å². The zero-order chi connectivity index (χ0) is 16.2. The van der Waals surface area contributed by atoms with E-state index in [1.807, 2.05) is 6.92 Å². The number of hydrogen-bond donors (Lipinski definition) is 2. The van der Waals surface area contributed by atoms with Crippen molar-refractivity contribution < 1.29 is 4.79 Å². The second-order valence-corrected chi connectivity index (χ2v) is 6.80. The van der Waals surface area contributed by atoms with Gasteiger partial charge in [-0.15, -0.1) is 11.3 Å². The molecular formula is C15H21N5OS. The predicted octanol–water partition coefficient (Wildman–Crippen LogP) is 2.09. The number of thiazole rings is 1. The molecule has 1 amide bonds. The SMILES string of the molecule is CC(C)CC(C)(CN)NC(=O)c1csc(-c2cnccn2)n1. The molecule has 118 valence electrons. The number of nitrogens with zero attached hydrogens (tertiary/aromatic N) is 3. The lowest BCUT2D eigenvalue weighted by Crippen LogP contribution is -2.52. The summed E-state index contributed by atoms with van der Waals surface area (Å²) in [6, 6.07) is 0. The lowest BCUT2D eigenvalue weighted by molar-refractivity contribution is 0.0894. The summed E-state index contributed by atoms with van der Waals surface area (Å²) in [4.78, 5) is 24.9. The Balaban J connectivity index is 2.12. The Morgan fingerprint density at radius 2 is 2.23 bits per heavy atom. The van der Waals surface area contributed by atoms with Crippen molar-refractivity contribution in [2.24, 2.45) is 11.7 Å². The van der Waals surface area contributed by atoms with E-state index < -0.39 is 5.54 Å². The van der Waals surface area contributed by atoms with E-state index in [0.717, 1.165) is 6.42 Å². The molecule has 22 heavy (non-hydrogen) atoms. The summed E-state index contributed by atoms with van der Waals surface area (Å²) < 4.78 is 0. The molecule has 0 bridgehead atoms. The first-order valence-corrected chi connectivity index (χ1v) is 8.06. The molecule has 0 aliphatic rings. The minimum absolute atomic E-state index is 0.208. The summed E-state index contributed by atoms with van der Waals surface area (Å²) in [6.07, 6.45) is 5.65. The van der Waals surface area contributed by atoms with Crippen LogP contribution in [0.5, 0.6) is 0 Å². The van der Waals surface area contributed by atoms with E-state index >= 15 is 0 Å². The normalized spacial score (nSPS) is 13.9. The zero-order valence-electron chi connectivity index (χ0n) is 13.0. The Kier molecular flexibility index (Phi) is 5.20. The number of hydrogen-bond acceptors (Lipinski definition) is 6. The van der Waals surface area contributed by atoms with Gasteiger partial charge in [-0.25, -0.2) is 4.98 Å². The molecule has 0 saturated heterocycles. The Bertz CT molecular complexity index is 628. The first-order chi connectivity index (χ1) is 10.4. The van der Waals surface area contributed by atoms with Crippen LogP contribution in [-0.4, -0.2) is 32.9 Å². The van der Waals surface area contributed by atoms with Gasteiger partial charge in [-0.2, -0.15) is 0 Å². The van der Waals surface area contributed by atoms with Crippen LogP contribution in [0, 0.1) is 5.92 Å². The van der Waals surface area contributed by atoms with Crippen molar-refractivity contribution in [2.45, 2.75) is 32.7 Å². The summed E-state index contributed by atoms with van der Waals surface area (Å²) in [5, 5.41) is 5.40. The molecule has 7 heteroatoms. The Labute approximate surface area is 134 Å². The first kappa shape index (κ1) is 16.5. The Hall–Kier alpha value is -1.86. The lowest BCUT2D eigenvalue weighted by Gasteiger charge is -2.30. The van der Waals surface area contributed by atoms with Gasteiger partial charge in [-0.3, -0.25) is 14.8 Å². The maximum Gasteiger partial charge on any atom is 0.271 e. The number of rotatable bonds is 6. The minimum Gasteiger partial charge on any atom is -0.344 e. The van der Waals surface area contributed by atoms with Crippen LogP contribution in [-0.2, 0) is 0 Å². The summed E-state index contributed by atoms with van der Waals surface area (Å²) >= 11 is 1.37. The summed E-state index contributed by atoms with van der Waals surface area (Å²) in [6.45, 7) is 6.56. The van der Waals surface area contributed by atoms with Crippen molar-refractivity contribution in [3.8, 4) is 10.7 Å². The molecule has 0 saturated carbocycles. The molecule has 6 nitrogen and oxygen atoms in total. The molecule has 0 aromatic carbocycles. The average molecular weight is 319 g/mol. The third kappa shape index (κ3) is 4.08. The summed E-state index contributed by atoms with van der Waals surface area (Å²) in [5.41, 5.74) is 6.44. The second-order valence-electron chi connectivity index (χ2n) is 5.95. The molecule has 0 fully saturated rings. The van der Waals surface area contributed by atoms with Crippen LogP contribution < -0.4 is 11.1 Å². The fourth-order valence-corrected chi connectivity index (χ4v) is 3.09. The topological polar surface area (TPSA) is 93.8 Å². The highest BCUT2D eigenvalue weighted by molar-refractivity contribution is 7.13. The van der Waals surface area contributed by atoms with Gasteiger partial charge in [-0.05, 0) is 19.3 Å². The molecule has 0 spiro atoms. The molecule has 0 radical (unpaired) electrons. The first-order valence-electron chi connectivity index (χ1n) is 7.18. The quantitative estimate of drug-likeness (QED) is 0.850. The highest BCUT2D eigenvalue weighted by Crippen LogP contribution is 2.22. The van der Waals surface area contributed by atoms with Crippen molar-refractivity contribution in [2.75, 3.05) is 6.54 Å². The van der Waals surface area contributed by atoms with Gasteiger partial charge >= 0.3 is 0 Å². The Morgan fingerprint density at radius 1 is 1.45 bits per heavy atom. The number of amides is 1. The van der Waals surface area contributed by atoms with Gasteiger partial charge in [0, 0.05) is 24.3 Å². The molecular weight excluding hydrogens is 298 g/mol. The minimum atomic E-state index is -0.429. The number of nitrogens with two attached hydrogens (primary N) is 1. The van der Waals surface area contributed by atoms with Crippen LogP contribution in [0.2, 0.25) is 0 Å². The fourth-order valence-electron chi connectivity index (χ4n) is 2.33. The van der Waals surface area contributed by atoms with E-state index in [4.69, 9.17) is 5.73 Å². The fraction of sp³-hybridized carbons (Fsp3) is 0.467. The van der Waals surface area contributed by atoms with Crippen molar-refractivity contribution in [1.29, 1.82) is 0 Å². The maximum absolute atomic E-state index is 12.4. The molecule has 2 heterocycles. The third-order valence-electron chi connectivity index (χ3n) is 3.24. The van der Waals surface area contributed by atoms with Crippen LogP contribution >= 0.6 is 11.3 Å². The van der Waals surface area contributed by atoms with Gasteiger partial charge in [-0.1, -0.05) is 13.8 Å². The molecule has 3 N–H and O–H groups in total. The van der Waals surface area contributed by atoms with Gasteiger partial charge in [0.2, 0.25) is 0 Å². The van der Waals surface area contributed by atoms with Crippen molar-refractivity contribution >= 4 is 17.2 Å². The summed E-state index contributed by atoms with van der Waals surface area (Å²) in [7, 11) is 0. The van der Waals surface area contributed by atoms with Gasteiger partial charge in [0.25, 0.3) is 5.91 Å². The molecule has 1 atom stereocenters. The molecule has 2 aromatic heterocycles. The molecule has 2 aromatic rings. The van der Waals surface area contributed by atoms with Crippen LogP contribution in [0.1, 0.15) is 37.7 Å². The van der Waals surface area contributed by atoms with Gasteiger partial charge in [0.15, 0.2) is 0 Å². The van der Waals surface area contributed by atoms with E-state index in [-0.39, 0.29) is 5.91 Å². The van der Waals surface area contributed by atoms with Crippen LogP contribution in [0.25, 0.3) is 10.7 Å². The van der Waals surface area contributed by atoms with Crippen LogP contribution in [0.15, 0.2) is 24.0 Å². The van der Waals surface area contributed by atoms with E-state index in [0.29, 0.717) is 28.9 Å². The van der Waals surface area contributed by atoms with E-state index in [1.165, 1.54) is 11.3 Å². The summed E-state index contributed by atoms with van der Waals surface area (Å²) in [5.74, 6) is 0.236. The standard InChI is InChI=1S/C15H21N5OS/c1-10(2)6-15(3,9-16)20-13(21)12-8-22-14(19-12)11-7-17-4-5-18-11/h4-5,7-8,10H,6,9,16H2,1-3H3,(H,20,21). The number of nitrogens with one attached hydrogen (secondary N) is 1. The van der Waals surface area contributed by atoms with Crippen LogP contribution in [0.3, 0.4) is 0 Å². The number of aromatic nitrogens is 3. The molecule has 1 unspecified atom stereocenters. The molecule has 0 aliphatic carbocycles. The van der Waals surface area contributed by atoms with Gasteiger partial charge in [0.05, 0.1) is 11.7 Å². The van der Waals surface area contributed by atoms with Gasteiger partial charge in [0.1, 0.15) is 16.4 Å². The maximum atomic E-state index is 12.4. The van der Waals surface area contributed by atoms with E-state index in [1.54, 1.807) is 24.0 Å². The van der Waals surface area contributed by atoms with E-state index in [2.05, 4.69) is 34.1 Å². The van der Waals surface area contributed by atoms with Crippen molar-refractivity contribution in [1.82, 2.24) is 20.3 Å². The van der Waals surface area contributed by atoms with E-state index in [9.17, 15) is 4.79 Å². The highest BCUT2D eigenvalue weighted by Gasteiger charge is 2.27. The number of carbonyl (C=O) groups is 1. The largest absolute Gasteiger partial charge is 0.344 e. The zero-order valence-corrected chi connectivity index (χ0v) is 13.9. The molecule has 2 rings (SSSR count). The van der Waals surface area contributed by atoms with Crippen molar-refractivity contribution in [3.63, 3.8) is 0 Å². The third-order valence-corrected chi connectivity index (χ3v) is 4.11.